The summed E-state index contributed by atoms with van der Waals surface area (Å²) in [4.78, 5) is 26.6. The van der Waals surface area contributed by atoms with Crippen LogP contribution in [0.1, 0.15) is 52.0 Å². The Hall–Kier alpha value is -2.62. The Morgan fingerprint density at radius 1 is 0.840 bits per heavy atom. The molecule has 4 rings (SSSR count). The van der Waals surface area contributed by atoms with Gasteiger partial charge in [-0.2, -0.15) is 0 Å². The number of hydrogen-bond donors (Lipinski definition) is 0. The summed E-state index contributed by atoms with van der Waals surface area (Å²) in [6, 6.07) is 15.1. The first-order valence-corrected chi connectivity index (χ1v) is 8.84. The van der Waals surface area contributed by atoms with Crippen molar-refractivity contribution in [3.63, 3.8) is 0 Å². The lowest BCUT2D eigenvalue weighted by molar-refractivity contribution is 0.0478. The van der Waals surface area contributed by atoms with Gasteiger partial charge in [0.25, 0.3) is 11.8 Å². The topological polar surface area (TPSA) is 46.6 Å². The smallest absolute Gasteiger partial charge is 0.261 e. The van der Waals surface area contributed by atoms with Gasteiger partial charge in [0.2, 0.25) is 0 Å². The van der Waals surface area contributed by atoms with Gasteiger partial charge in [0, 0.05) is 6.04 Å². The van der Waals surface area contributed by atoms with E-state index in [4.69, 9.17) is 4.74 Å². The van der Waals surface area contributed by atoms with Crippen molar-refractivity contribution in [2.24, 2.45) is 0 Å². The van der Waals surface area contributed by atoms with Crippen LogP contribution in [0.25, 0.3) is 0 Å². The van der Waals surface area contributed by atoms with E-state index in [2.05, 4.69) is 6.92 Å². The van der Waals surface area contributed by atoms with E-state index >= 15 is 0 Å². The Kier molecular flexibility index (Phi) is 4.04. The second-order valence-electron chi connectivity index (χ2n) is 6.89. The minimum atomic E-state index is -0.150. The van der Waals surface area contributed by atoms with Crippen molar-refractivity contribution in [2.75, 3.05) is 0 Å². The van der Waals surface area contributed by atoms with Gasteiger partial charge in [-0.05, 0) is 56.9 Å². The summed E-state index contributed by atoms with van der Waals surface area (Å²) >= 11 is 0. The predicted octanol–water partition coefficient (Wildman–Crippen LogP) is 3.98. The molecular formula is C21H21NO3. The molecule has 4 heteroatoms. The van der Waals surface area contributed by atoms with E-state index in [9.17, 15) is 9.59 Å². The molecule has 25 heavy (non-hydrogen) atoms. The van der Waals surface area contributed by atoms with Crippen molar-refractivity contribution in [3.05, 3.63) is 65.2 Å². The van der Waals surface area contributed by atoms with Crippen LogP contribution in [0.2, 0.25) is 0 Å². The first-order chi connectivity index (χ1) is 12.1. The number of nitrogens with zero attached hydrogens (tertiary/aromatic N) is 1. The summed E-state index contributed by atoms with van der Waals surface area (Å²) in [5.41, 5.74) is 2.28. The third-order valence-electron chi connectivity index (χ3n) is 5.16. The molecule has 2 aromatic carbocycles. The Morgan fingerprint density at radius 3 is 1.96 bits per heavy atom. The summed E-state index contributed by atoms with van der Waals surface area (Å²) in [5, 5.41) is 0. The fourth-order valence-corrected chi connectivity index (χ4v) is 3.77. The standard InChI is InChI=1S/C21H21NO3/c1-14-6-10-16(11-7-14)25-17-12-8-15(9-13-17)22-20(23)18-4-2-3-5-19(18)21(22)24/h2-7,10-11,15,17H,8-9,12-13H2,1H3/t15-,17+. The van der Waals surface area contributed by atoms with Gasteiger partial charge in [-0.25, -0.2) is 0 Å². The van der Waals surface area contributed by atoms with Gasteiger partial charge in [-0.1, -0.05) is 29.8 Å². The normalized spacial score (nSPS) is 22.8. The second-order valence-corrected chi connectivity index (χ2v) is 6.89. The minimum absolute atomic E-state index is 0.0229. The van der Waals surface area contributed by atoms with E-state index in [1.807, 2.05) is 24.3 Å². The molecule has 128 valence electrons. The highest BCUT2D eigenvalue weighted by atomic mass is 16.5. The van der Waals surface area contributed by atoms with Crippen LogP contribution in [0.3, 0.4) is 0 Å². The SMILES string of the molecule is Cc1ccc(O[C@H]2CC[C@@H](N3C(=O)c4ccccc4C3=O)CC2)cc1. The fraction of sp³-hybridized carbons (Fsp3) is 0.333. The minimum Gasteiger partial charge on any atom is -0.490 e. The van der Waals surface area contributed by atoms with Crippen LogP contribution in [0.15, 0.2) is 48.5 Å². The molecule has 1 aliphatic carbocycles. The molecule has 0 N–H and O–H groups in total. The highest BCUT2D eigenvalue weighted by molar-refractivity contribution is 6.21. The van der Waals surface area contributed by atoms with E-state index in [0.717, 1.165) is 31.4 Å². The number of hydrogen-bond acceptors (Lipinski definition) is 3. The molecule has 0 atom stereocenters. The third-order valence-corrected chi connectivity index (χ3v) is 5.16. The molecule has 0 spiro atoms. The number of fused-ring (bicyclic) bond motifs is 1. The Morgan fingerprint density at radius 2 is 1.40 bits per heavy atom. The van der Waals surface area contributed by atoms with Crippen molar-refractivity contribution in [2.45, 2.75) is 44.8 Å². The molecule has 2 amide bonds. The number of carbonyl (C=O) groups is 2. The molecule has 2 aliphatic rings. The average molecular weight is 335 g/mol. The molecule has 0 unspecified atom stereocenters. The van der Waals surface area contributed by atoms with Gasteiger partial charge in [0.1, 0.15) is 5.75 Å². The molecule has 0 aromatic heterocycles. The lowest BCUT2D eigenvalue weighted by Gasteiger charge is -2.33. The fourth-order valence-electron chi connectivity index (χ4n) is 3.77. The van der Waals surface area contributed by atoms with Crippen LogP contribution in [0.5, 0.6) is 5.75 Å². The first kappa shape index (κ1) is 15.9. The summed E-state index contributed by atoms with van der Waals surface area (Å²) in [6.07, 6.45) is 3.44. The zero-order valence-corrected chi connectivity index (χ0v) is 14.3. The largest absolute Gasteiger partial charge is 0.490 e. The highest BCUT2D eigenvalue weighted by Gasteiger charge is 2.41. The lowest BCUT2D eigenvalue weighted by Crippen LogP contribution is -2.43. The number of aryl methyl sites for hydroxylation is 1. The van der Waals surface area contributed by atoms with Crippen LogP contribution in [0, 0.1) is 6.92 Å². The van der Waals surface area contributed by atoms with Gasteiger partial charge >= 0.3 is 0 Å². The number of carbonyl (C=O) groups excluding carboxylic acids is 2. The van der Waals surface area contributed by atoms with Gasteiger partial charge in [-0.3, -0.25) is 14.5 Å². The van der Waals surface area contributed by atoms with Crippen LogP contribution >= 0.6 is 0 Å². The van der Waals surface area contributed by atoms with Gasteiger partial charge in [0.15, 0.2) is 0 Å². The second kappa shape index (κ2) is 6.36. The first-order valence-electron chi connectivity index (χ1n) is 8.84. The van der Waals surface area contributed by atoms with Gasteiger partial charge in [0.05, 0.1) is 17.2 Å². The molecular weight excluding hydrogens is 314 g/mol. The van der Waals surface area contributed by atoms with Crippen molar-refractivity contribution < 1.29 is 14.3 Å². The van der Waals surface area contributed by atoms with Crippen LogP contribution in [0.4, 0.5) is 0 Å². The van der Waals surface area contributed by atoms with E-state index in [0.29, 0.717) is 11.1 Å². The summed E-state index contributed by atoms with van der Waals surface area (Å²) in [7, 11) is 0. The van der Waals surface area contributed by atoms with E-state index in [-0.39, 0.29) is 24.0 Å². The summed E-state index contributed by atoms with van der Waals surface area (Å²) in [5.74, 6) is 0.585. The van der Waals surface area contributed by atoms with Crippen molar-refractivity contribution >= 4 is 11.8 Å². The number of ether oxygens (including phenoxy) is 1. The Labute approximate surface area is 147 Å². The van der Waals surface area contributed by atoms with Gasteiger partial charge in [-0.15, -0.1) is 0 Å². The zero-order valence-electron chi connectivity index (χ0n) is 14.3. The zero-order chi connectivity index (χ0) is 17.4. The molecule has 1 heterocycles. The summed E-state index contributed by atoms with van der Waals surface area (Å²) in [6.45, 7) is 2.05. The highest BCUT2D eigenvalue weighted by Crippen LogP contribution is 2.32. The molecule has 0 bridgehead atoms. The van der Waals surface area contributed by atoms with Crippen LogP contribution in [-0.2, 0) is 0 Å². The van der Waals surface area contributed by atoms with Crippen LogP contribution < -0.4 is 4.74 Å². The van der Waals surface area contributed by atoms with E-state index in [1.165, 1.54) is 10.5 Å². The number of amides is 2. The number of rotatable bonds is 3. The molecule has 2 aromatic rings. The van der Waals surface area contributed by atoms with E-state index in [1.54, 1.807) is 24.3 Å². The third kappa shape index (κ3) is 2.93. The molecule has 0 saturated heterocycles. The van der Waals surface area contributed by atoms with Crippen molar-refractivity contribution in [3.8, 4) is 5.75 Å². The molecule has 1 saturated carbocycles. The predicted molar refractivity (Wildman–Crippen MR) is 94.8 cm³/mol. The molecule has 0 radical (unpaired) electrons. The van der Waals surface area contributed by atoms with E-state index < -0.39 is 0 Å². The molecule has 1 fully saturated rings. The summed E-state index contributed by atoms with van der Waals surface area (Å²) < 4.78 is 6.05. The lowest BCUT2D eigenvalue weighted by atomic mass is 9.91. The molecule has 1 aliphatic heterocycles. The number of imide groups is 1. The van der Waals surface area contributed by atoms with Gasteiger partial charge < -0.3 is 4.74 Å². The Balaban J connectivity index is 1.40. The quantitative estimate of drug-likeness (QED) is 0.797. The maximum Gasteiger partial charge on any atom is 0.261 e. The Bertz CT molecular complexity index is 769. The van der Waals surface area contributed by atoms with Crippen molar-refractivity contribution in [1.82, 2.24) is 4.90 Å². The number of benzene rings is 2. The van der Waals surface area contributed by atoms with Crippen LogP contribution in [-0.4, -0.2) is 28.9 Å². The monoisotopic (exact) mass is 335 g/mol. The molecule has 4 nitrogen and oxygen atoms in total. The maximum absolute atomic E-state index is 12.6. The maximum atomic E-state index is 12.6. The van der Waals surface area contributed by atoms with Crippen molar-refractivity contribution in [1.29, 1.82) is 0 Å². The average Bonchev–Trinajstić information content (AvgIpc) is 2.89.